The number of para-hydroxylation sites is 1. The molecule has 1 N–H and O–H groups in total. The predicted octanol–water partition coefficient (Wildman–Crippen LogP) is 3.22. The first-order valence-corrected chi connectivity index (χ1v) is 10.1. The van der Waals surface area contributed by atoms with Crippen LogP contribution in [0.2, 0.25) is 5.02 Å². The molecule has 0 spiro atoms. The normalized spacial score (nSPS) is 14.7. The van der Waals surface area contributed by atoms with Crippen molar-refractivity contribution in [2.75, 3.05) is 51.3 Å². The average Bonchev–Trinajstić information content (AvgIpc) is 2.73. The summed E-state index contributed by atoms with van der Waals surface area (Å²) < 4.78 is 5.35. The minimum Gasteiger partial charge on any atom is -0.496 e. The number of nitrogens with one attached hydrogen (secondary N) is 1. The highest BCUT2D eigenvalue weighted by atomic mass is 35.5. The number of benzene rings is 2. The molecule has 2 aromatic carbocycles. The molecule has 0 unspecified atom stereocenters. The Morgan fingerprint density at radius 2 is 1.79 bits per heavy atom. The third-order valence-corrected chi connectivity index (χ3v) is 5.38. The highest BCUT2D eigenvalue weighted by Gasteiger charge is 2.17. The van der Waals surface area contributed by atoms with Crippen molar-refractivity contribution in [2.24, 2.45) is 0 Å². The summed E-state index contributed by atoms with van der Waals surface area (Å²) in [5.41, 5.74) is 2.32. The summed E-state index contributed by atoms with van der Waals surface area (Å²) in [6, 6.07) is 15.9. The van der Waals surface area contributed by atoms with E-state index in [0.717, 1.165) is 55.5 Å². The van der Waals surface area contributed by atoms with Gasteiger partial charge in [-0.3, -0.25) is 9.69 Å². The van der Waals surface area contributed by atoms with E-state index in [9.17, 15) is 4.79 Å². The van der Waals surface area contributed by atoms with Crippen molar-refractivity contribution < 1.29 is 9.53 Å². The number of halogens is 1. The number of methoxy groups -OCH3 is 1. The van der Waals surface area contributed by atoms with Crippen LogP contribution in [0.1, 0.15) is 12.0 Å². The van der Waals surface area contributed by atoms with Gasteiger partial charge >= 0.3 is 0 Å². The molecule has 0 radical (unpaired) electrons. The fourth-order valence-corrected chi connectivity index (χ4v) is 3.60. The molecule has 2 aromatic rings. The molecule has 1 amide bonds. The van der Waals surface area contributed by atoms with Gasteiger partial charge in [0.25, 0.3) is 0 Å². The fourth-order valence-electron chi connectivity index (χ4n) is 3.48. The number of nitrogens with zero attached hydrogens (tertiary/aromatic N) is 2. The van der Waals surface area contributed by atoms with Gasteiger partial charge in [-0.2, -0.15) is 0 Å². The summed E-state index contributed by atoms with van der Waals surface area (Å²) in [6.07, 6.45) is 1.31. The van der Waals surface area contributed by atoms with Crippen molar-refractivity contribution in [2.45, 2.75) is 12.8 Å². The molecule has 1 aliphatic rings. The molecule has 6 heteroatoms. The second-order valence-corrected chi connectivity index (χ2v) is 7.40. The maximum absolute atomic E-state index is 12.2. The number of anilines is 1. The Labute approximate surface area is 172 Å². The van der Waals surface area contributed by atoms with Crippen molar-refractivity contribution >= 4 is 23.2 Å². The van der Waals surface area contributed by atoms with Crippen LogP contribution < -0.4 is 15.0 Å². The largest absolute Gasteiger partial charge is 0.496 e. The van der Waals surface area contributed by atoms with Crippen LogP contribution in [0.4, 0.5) is 5.69 Å². The summed E-state index contributed by atoms with van der Waals surface area (Å²) in [5, 5.41) is 3.78. The second kappa shape index (κ2) is 10.3. The lowest BCUT2D eigenvalue weighted by molar-refractivity contribution is -0.121. The standard InChI is InChI=1S/C22H28ClN3O2/c1-28-21-5-3-2-4-18(21)10-12-24-22(27)11-13-25-14-16-26(17-15-25)20-8-6-19(23)7-9-20/h2-9H,10-17H2,1H3,(H,24,27). The Morgan fingerprint density at radius 1 is 1.07 bits per heavy atom. The van der Waals surface area contributed by atoms with Gasteiger partial charge < -0.3 is 15.0 Å². The summed E-state index contributed by atoms with van der Waals surface area (Å²) in [7, 11) is 1.67. The maximum atomic E-state index is 12.2. The highest BCUT2D eigenvalue weighted by Crippen LogP contribution is 2.19. The molecule has 0 atom stereocenters. The van der Waals surface area contributed by atoms with Crippen LogP contribution in [0.15, 0.2) is 48.5 Å². The van der Waals surface area contributed by atoms with E-state index in [-0.39, 0.29) is 5.91 Å². The molecule has 0 saturated carbocycles. The lowest BCUT2D eigenvalue weighted by atomic mass is 10.1. The number of hydrogen-bond acceptors (Lipinski definition) is 4. The average molecular weight is 402 g/mol. The molecule has 1 aliphatic heterocycles. The smallest absolute Gasteiger partial charge is 0.221 e. The van der Waals surface area contributed by atoms with E-state index >= 15 is 0 Å². The van der Waals surface area contributed by atoms with E-state index < -0.39 is 0 Å². The zero-order chi connectivity index (χ0) is 19.8. The number of amides is 1. The molecule has 28 heavy (non-hydrogen) atoms. The number of ether oxygens (including phenoxy) is 1. The predicted molar refractivity (Wildman–Crippen MR) is 114 cm³/mol. The summed E-state index contributed by atoms with van der Waals surface area (Å²) in [6.45, 7) is 5.31. The summed E-state index contributed by atoms with van der Waals surface area (Å²) >= 11 is 5.96. The molecule has 0 bridgehead atoms. The van der Waals surface area contributed by atoms with Crippen LogP contribution in [0, 0.1) is 0 Å². The highest BCUT2D eigenvalue weighted by molar-refractivity contribution is 6.30. The van der Waals surface area contributed by atoms with Crippen molar-refractivity contribution in [1.82, 2.24) is 10.2 Å². The Bertz CT molecular complexity index is 759. The molecule has 0 aromatic heterocycles. The SMILES string of the molecule is COc1ccccc1CCNC(=O)CCN1CCN(c2ccc(Cl)cc2)CC1. The molecule has 0 aliphatic carbocycles. The van der Waals surface area contributed by atoms with Crippen LogP contribution >= 0.6 is 11.6 Å². The second-order valence-electron chi connectivity index (χ2n) is 6.97. The summed E-state index contributed by atoms with van der Waals surface area (Å²) in [4.78, 5) is 16.9. The molecule has 150 valence electrons. The van der Waals surface area contributed by atoms with Gasteiger partial charge in [0.05, 0.1) is 7.11 Å². The van der Waals surface area contributed by atoms with E-state index in [4.69, 9.17) is 16.3 Å². The van der Waals surface area contributed by atoms with E-state index in [1.54, 1.807) is 7.11 Å². The van der Waals surface area contributed by atoms with Crippen molar-refractivity contribution in [1.29, 1.82) is 0 Å². The molecule has 1 saturated heterocycles. The van der Waals surface area contributed by atoms with E-state index in [1.807, 2.05) is 36.4 Å². The van der Waals surface area contributed by atoms with Crippen molar-refractivity contribution in [3.05, 3.63) is 59.1 Å². The lowest BCUT2D eigenvalue weighted by Crippen LogP contribution is -2.47. The molecular formula is C22H28ClN3O2. The van der Waals surface area contributed by atoms with E-state index in [0.29, 0.717) is 13.0 Å². The van der Waals surface area contributed by atoms with Crippen molar-refractivity contribution in [3.8, 4) is 5.75 Å². The van der Waals surface area contributed by atoms with Gasteiger partial charge in [0, 0.05) is 56.4 Å². The van der Waals surface area contributed by atoms with Crippen LogP contribution in [0.5, 0.6) is 5.75 Å². The third kappa shape index (κ3) is 5.88. The van der Waals surface area contributed by atoms with Gasteiger partial charge in [0.1, 0.15) is 5.75 Å². The lowest BCUT2D eigenvalue weighted by Gasteiger charge is -2.36. The first-order valence-electron chi connectivity index (χ1n) is 9.77. The minimum absolute atomic E-state index is 0.107. The van der Waals surface area contributed by atoms with Gasteiger partial charge in [-0.1, -0.05) is 29.8 Å². The van der Waals surface area contributed by atoms with Crippen LogP contribution in [-0.4, -0.2) is 57.2 Å². The number of carbonyl (C=O) groups is 1. The Kier molecular flexibility index (Phi) is 7.57. The maximum Gasteiger partial charge on any atom is 0.221 e. The van der Waals surface area contributed by atoms with E-state index in [1.165, 1.54) is 5.69 Å². The van der Waals surface area contributed by atoms with Crippen molar-refractivity contribution in [3.63, 3.8) is 0 Å². The number of carbonyl (C=O) groups excluding carboxylic acids is 1. The minimum atomic E-state index is 0.107. The van der Waals surface area contributed by atoms with E-state index in [2.05, 4.69) is 27.2 Å². The van der Waals surface area contributed by atoms with Crippen LogP contribution in [0.25, 0.3) is 0 Å². The molecular weight excluding hydrogens is 374 g/mol. The van der Waals surface area contributed by atoms with Crippen LogP contribution in [-0.2, 0) is 11.2 Å². The third-order valence-electron chi connectivity index (χ3n) is 5.13. The Hall–Kier alpha value is -2.24. The summed E-state index contributed by atoms with van der Waals surface area (Å²) in [5.74, 6) is 0.977. The van der Waals surface area contributed by atoms with Gasteiger partial charge in [0.2, 0.25) is 5.91 Å². The van der Waals surface area contributed by atoms with Crippen LogP contribution in [0.3, 0.4) is 0 Å². The first kappa shape index (κ1) is 20.5. The number of hydrogen-bond donors (Lipinski definition) is 1. The number of rotatable bonds is 8. The molecule has 1 heterocycles. The zero-order valence-corrected chi connectivity index (χ0v) is 17.1. The quantitative estimate of drug-likeness (QED) is 0.737. The topological polar surface area (TPSA) is 44.8 Å². The Morgan fingerprint density at radius 3 is 2.50 bits per heavy atom. The first-order chi connectivity index (χ1) is 13.7. The fraction of sp³-hybridized carbons (Fsp3) is 0.409. The van der Waals surface area contributed by atoms with Gasteiger partial charge in [-0.25, -0.2) is 0 Å². The van der Waals surface area contributed by atoms with Gasteiger partial charge in [-0.15, -0.1) is 0 Å². The monoisotopic (exact) mass is 401 g/mol. The Balaban J connectivity index is 1.33. The number of piperazine rings is 1. The molecule has 1 fully saturated rings. The molecule has 3 rings (SSSR count). The van der Waals surface area contributed by atoms with Gasteiger partial charge in [0.15, 0.2) is 0 Å². The van der Waals surface area contributed by atoms with Gasteiger partial charge in [-0.05, 0) is 42.3 Å². The zero-order valence-electron chi connectivity index (χ0n) is 16.4. The molecule has 5 nitrogen and oxygen atoms in total.